The Hall–Kier alpha value is -2.76. The Morgan fingerprint density at radius 2 is 1.65 bits per heavy atom. The third kappa shape index (κ3) is 3.71. The number of nitriles is 1. The molecule has 3 aromatic carbocycles. The average molecular weight is 320 g/mol. The fourth-order valence-corrected chi connectivity index (χ4v) is 2.52. The summed E-state index contributed by atoms with van der Waals surface area (Å²) in [6.45, 7) is 0.437. The van der Waals surface area contributed by atoms with Crippen LogP contribution in [0.4, 0.5) is 0 Å². The zero-order valence-electron chi connectivity index (χ0n) is 12.4. The zero-order chi connectivity index (χ0) is 16.1. The van der Waals surface area contributed by atoms with E-state index in [1.165, 1.54) is 0 Å². The fourth-order valence-electron chi connectivity index (χ4n) is 2.33. The molecular weight excluding hydrogens is 306 g/mol. The van der Waals surface area contributed by atoms with Crippen LogP contribution in [0.25, 0.3) is 11.1 Å². The van der Waals surface area contributed by atoms with Crippen LogP contribution in [0.1, 0.15) is 11.1 Å². The molecule has 0 saturated carbocycles. The van der Waals surface area contributed by atoms with Crippen LogP contribution < -0.4 is 4.74 Å². The average Bonchev–Trinajstić information content (AvgIpc) is 2.60. The van der Waals surface area contributed by atoms with Crippen LogP contribution in [0.5, 0.6) is 5.75 Å². The van der Waals surface area contributed by atoms with Crippen LogP contribution in [0, 0.1) is 11.3 Å². The number of hydrogen-bond acceptors (Lipinski definition) is 2. The van der Waals surface area contributed by atoms with Crippen molar-refractivity contribution in [2.24, 2.45) is 0 Å². The van der Waals surface area contributed by atoms with Crippen molar-refractivity contribution in [1.82, 2.24) is 0 Å². The Bertz CT molecular complexity index is 853. The summed E-state index contributed by atoms with van der Waals surface area (Å²) in [5.74, 6) is 0.585. The third-order valence-corrected chi connectivity index (χ3v) is 3.73. The van der Waals surface area contributed by atoms with Gasteiger partial charge in [0.15, 0.2) is 0 Å². The molecule has 0 aliphatic heterocycles. The van der Waals surface area contributed by atoms with Gasteiger partial charge in [0.05, 0.1) is 5.56 Å². The smallest absolute Gasteiger partial charge is 0.137 e. The summed E-state index contributed by atoms with van der Waals surface area (Å²) in [6, 6.07) is 25.2. The van der Waals surface area contributed by atoms with Gasteiger partial charge in [-0.05, 0) is 41.0 Å². The summed E-state index contributed by atoms with van der Waals surface area (Å²) in [6.07, 6.45) is 0. The molecule has 3 aromatic rings. The normalized spacial score (nSPS) is 10.1. The Kier molecular flexibility index (Phi) is 4.61. The monoisotopic (exact) mass is 319 g/mol. The van der Waals surface area contributed by atoms with Gasteiger partial charge >= 0.3 is 0 Å². The molecule has 0 bridgehead atoms. The van der Waals surface area contributed by atoms with Gasteiger partial charge in [0.2, 0.25) is 0 Å². The first kappa shape index (κ1) is 15.1. The van der Waals surface area contributed by atoms with E-state index >= 15 is 0 Å². The molecule has 0 heterocycles. The molecule has 0 N–H and O–H groups in total. The number of rotatable bonds is 4. The first-order valence-corrected chi connectivity index (χ1v) is 7.61. The van der Waals surface area contributed by atoms with Crippen LogP contribution in [-0.2, 0) is 6.61 Å². The first-order valence-electron chi connectivity index (χ1n) is 7.23. The van der Waals surface area contributed by atoms with Crippen molar-refractivity contribution in [3.8, 4) is 22.9 Å². The van der Waals surface area contributed by atoms with Crippen molar-refractivity contribution in [3.05, 3.63) is 88.9 Å². The van der Waals surface area contributed by atoms with Crippen LogP contribution in [-0.4, -0.2) is 0 Å². The SMILES string of the molecule is N#Cc1cc(-c2cccc(Cl)c2)ccc1OCc1ccccc1. The van der Waals surface area contributed by atoms with E-state index in [9.17, 15) is 5.26 Å². The quantitative estimate of drug-likeness (QED) is 0.640. The fraction of sp³-hybridized carbons (Fsp3) is 0.0500. The summed E-state index contributed by atoms with van der Waals surface area (Å²) >= 11 is 6.03. The van der Waals surface area contributed by atoms with Gasteiger partial charge in [0.1, 0.15) is 18.4 Å². The zero-order valence-corrected chi connectivity index (χ0v) is 13.1. The lowest BCUT2D eigenvalue weighted by molar-refractivity contribution is 0.305. The topological polar surface area (TPSA) is 33.0 Å². The second kappa shape index (κ2) is 7.00. The van der Waals surface area contributed by atoms with Crippen molar-refractivity contribution < 1.29 is 4.74 Å². The van der Waals surface area contributed by atoms with E-state index in [1.54, 1.807) is 0 Å². The molecular formula is C20H14ClNO. The maximum atomic E-state index is 9.39. The van der Waals surface area contributed by atoms with Crippen LogP contribution in [0.2, 0.25) is 5.02 Å². The molecule has 2 nitrogen and oxygen atoms in total. The maximum absolute atomic E-state index is 9.39. The number of ether oxygens (including phenoxy) is 1. The van der Waals surface area contributed by atoms with Crippen molar-refractivity contribution in [2.45, 2.75) is 6.61 Å². The van der Waals surface area contributed by atoms with E-state index in [2.05, 4.69) is 6.07 Å². The van der Waals surface area contributed by atoms with E-state index in [-0.39, 0.29) is 0 Å². The highest BCUT2D eigenvalue weighted by atomic mass is 35.5. The Morgan fingerprint density at radius 3 is 2.39 bits per heavy atom. The van der Waals surface area contributed by atoms with Gasteiger partial charge in [0.25, 0.3) is 0 Å². The standard InChI is InChI=1S/C20H14ClNO/c21-19-8-4-7-16(12-19)17-9-10-20(18(11-17)13-22)23-14-15-5-2-1-3-6-15/h1-12H,14H2. The molecule has 0 radical (unpaired) electrons. The van der Waals surface area contributed by atoms with Crippen molar-refractivity contribution in [1.29, 1.82) is 5.26 Å². The second-order valence-electron chi connectivity index (χ2n) is 5.11. The van der Waals surface area contributed by atoms with Crippen molar-refractivity contribution in [3.63, 3.8) is 0 Å². The van der Waals surface area contributed by atoms with Gasteiger partial charge in [-0.15, -0.1) is 0 Å². The lowest BCUT2D eigenvalue weighted by Crippen LogP contribution is -1.97. The van der Waals surface area contributed by atoms with Crippen molar-refractivity contribution >= 4 is 11.6 Å². The van der Waals surface area contributed by atoms with E-state index in [4.69, 9.17) is 16.3 Å². The molecule has 0 spiro atoms. The van der Waals surface area contributed by atoms with Gasteiger partial charge < -0.3 is 4.74 Å². The van der Waals surface area contributed by atoms with Crippen LogP contribution in [0.15, 0.2) is 72.8 Å². The molecule has 0 fully saturated rings. The molecule has 23 heavy (non-hydrogen) atoms. The van der Waals surface area contributed by atoms with Crippen molar-refractivity contribution in [2.75, 3.05) is 0 Å². The van der Waals surface area contributed by atoms with E-state index in [1.807, 2.05) is 72.8 Å². The molecule has 0 unspecified atom stereocenters. The summed E-state index contributed by atoms with van der Waals surface area (Å²) in [5, 5.41) is 10.1. The van der Waals surface area contributed by atoms with Crippen LogP contribution in [0.3, 0.4) is 0 Å². The summed E-state index contributed by atoms with van der Waals surface area (Å²) in [5.41, 5.74) is 3.49. The number of hydrogen-bond donors (Lipinski definition) is 0. The highest BCUT2D eigenvalue weighted by Gasteiger charge is 2.07. The Labute approximate surface area is 140 Å². The van der Waals surface area contributed by atoms with E-state index in [0.717, 1.165) is 16.7 Å². The first-order chi connectivity index (χ1) is 11.3. The molecule has 0 aliphatic carbocycles. The predicted molar refractivity (Wildman–Crippen MR) is 92.4 cm³/mol. The summed E-state index contributed by atoms with van der Waals surface area (Å²) in [4.78, 5) is 0. The van der Waals surface area contributed by atoms with Crippen LogP contribution >= 0.6 is 11.6 Å². The highest BCUT2D eigenvalue weighted by Crippen LogP contribution is 2.28. The molecule has 112 valence electrons. The van der Waals surface area contributed by atoms with E-state index in [0.29, 0.717) is 22.9 Å². The van der Waals surface area contributed by atoms with E-state index < -0.39 is 0 Å². The van der Waals surface area contributed by atoms with Gasteiger partial charge in [-0.3, -0.25) is 0 Å². The maximum Gasteiger partial charge on any atom is 0.137 e. The molecule has 0 aromatic heterocycles. The van der Waals surface area contributed by atoms with Gasteiger partial charge in [0, 0.05) is 5.02 Å². The van der Waals surface area contributed by atoms with Gasteiger partial charge in [-0.1, -0.05) is 60.1 Å². The number of nitrogens with zero attached hydrogens (tertiary/aromatic N) is 1. The second-order valence-corrected chi connectivity index (χ2v) is 5.54. The number of halogens is 1. The third-order valence-electron chi connectivity index (χ3n) is 3.50. The summed E-state index contributed by atoms with van der Waals surface area (Å²) in [7, 11) is 0. The molecule has 3 rings (SSSR count). The van der Waals surface area contributed by atoms with Gasteiger partial charge in [-0.2, -0.15) is 5.26 Å². The molecule has 0 aliphatic rings. The lowest BCUT2D eigenvalue weighted by Gasteiger charge is -2.10. The molecule has 0 saturated heterocycles. The largest absolute Gasteiger partial charge is 0.488 e. The molecule has 3 heteroatoms. The minimum atomic E-state index is 0.437. The molecule has 0 amide bonds. The molecule has 0 atom stereocenters. The predicted octanol–water partition coefficient (Wildman–Crippen LogP) is 5.46. The number of benzene rings is 3. The Morgan fingerprint density at radius 1 is 0.870 bits per heavy atom. The lowest BCUT2D eigenvalue weighted by atomic mass is 10.0. The minimum absolute atomic E-state index is 0.437. The Balaban J connectivity index is 1.84. The summed E-state index contributed by atoms with van der Waals surface area (Å²) < 4.78 is 5.78. The minimum Gasteiger partial charge on any atom is -0.488 e. The highest BCUT2D eigenvalue weighted by molar-refractivity contribution is 6.30. The van der Waals surface area contributed by atoms with Gasteiger partial charge in [-0.25, -0.2) is 0 Å².